The minimum absolute atomic E-state index is 1.14. The zero-order valence-corrected chi connectivity index (χ0v) is 20.6. The molecule has 0 aromatic carbocycles. The van der Waals surface area contributed by atoms with E-state index in [0.29, 0.717) is 0 Å². The van der Waals surface area contributed by atoms with Gasteiger partial charge in [-0.2, -0.15) is 0 Å². The fourth-order valence-electron chi connectivity index (χ4n) is 11.0. The highest BCUT2D eigenvalue weighted by Gasteiger charge is 2.56. The fraction of sp³-hybridized carbons (Fsp3) is 1.00. The van der Waals surface area contributed by atoms with Crippen LogP contribution in [0.5, 0.6) is 0 Å². The van der Waals surface area contributed by atoms with Crippen molar-refractivity contribution in [2.45, 2.75) is 127 Å². The lowest BCUT2D eigenvalue weighted by Crippen LogP contribution is -2.46. The van der Waals surface area contributed by atoms with Crippen molar-refractivity contribution < 1.29 is 0 Å². The van der Waals surface area contributed by atoms with Crippen molar-refractivity contribution in [1.29, 1.82) is 0 Å². The third-order valence-electron chi connectivity index (χ3n) is 12.3. The first kappa shape index (κ1) is 19.9. The molecule has 6 rings (SSSR count). The molecule has 0 aromatic heterocycles. The Morgan fingerprint density at radius 3 is 1.21 bits per heavy atom. The summed E-state index contributed by atoms with van der Waals surface area (Å²) in [6.45, 7) is 5.82. The lowest BCUT2D eigenvalue weighted by Gasteiger charge is -2.50. The van der Waals surface area contributed by atoms with Gasteiger partial charge in [-0.05, 0) is 84.1 Å². The molecule has 0 saturated heterocycles. The predicted molar refractivity (Wildman–Crippen MR) is 127 cm³/mol. The monoisotopic (exact) mass is 412 g/mol. The van der Waals surface area contributed by atoms with Crippen LogP contribution in [0.1, 0.15) is 103 Å². The number of fused-ring (bicyclic) bond motifs is 4. The molecule has 0 aliphatic heterocycles. The van der Waals surface area contributed by atoms with Gasteiger partial charge in [0.2, 0.25) is 0 Å². The van der Waals surface area contributed by atoms with Crippen LogP contribution in [0.3, 0.4) is 0 Å². The Kier molecular flexibility index (Phi) is 5.25. The largest absolute Gasteiger partial charge is 0.0689 e. The molecule has 6 aliphatic rings. The van der Waals surface area contributed by atoms with Gasteiger partial charge in [0, 0.05) is 0 Å². The molecule has 6 saturated carbocycles. The number of hydrogen-bond donors (Lipinski definition) is 0. The summed E-state index contributed by atoms with van der Waals surface area (Å²) in [5.41, 5.74) is 2.39. The van der Waals surface area contributed by atoms with Crippen LogP contribution in [-0.4, -0.2) is 8.07 Å². The van der Waals surface area contributed by atoms with Gasteiger partial charge in [0.25, 0.3) is 0 Å². The molecule has 0 spiro atoms. The second kappa shape index (κ2) is 7.67. The van der Waals surface area contributed by atoms with Crippen molar-refractivity contribution in [2.75, 3.05) is 0 Å². The van der Waals surface area contributed by atoms with Gasteiger partial charge in [0.05, 0.1) is 8.07 Å². The Morgan fingerprint density at radius 2 is 0.793 bits per heavy atom. The summed E-state index contributed by atoms with van der Waals surface area (Å²) < 4.78 is 0. The maximum atomic E-state index is 2.91. The van der Waals surface area contributed by atoms with Crippen molar-refractivity contribution in [3.8, 4) is 0 Å². The highest BCUT2D eigenvalue weighted by Crippen LogP contribution is 2.64. The first-order chi connectivity index (χ1) is 14.1. The molecule has 0 nitrogen and oxygen atoms in total. The van der Waals surface area contributed by atoms with Crippen LogP contribution >= 0.6 is 0 Å². The molecular formula is C28H48Si. The molecular weight excluding hydrogens is 364 g/mol. The molecule has 1 heteroatoms. The zero-order valence-electron chi connectivity index (χ0n) is 19.6. The van der Waals surface area contributed by atoms with Crippen molar-refractivity contribution >= 4 is 8.07 Å². The number of rotatable bonds is 2. The summed E-state index contributed by atoms with van der Waals surface area (Å²) in [5.74, 6) is 9.21. The van der Waals surface area contributed by atoms with Gasteiger partial charge in [0.1, 0.15) is 0 Å². The Balaban J connectivity index is 1.19. The van der Waals surface area contributed by atoms with E-state index < -0.39 is 8.07 Å². The normalized spacial score (nSPS) is 52.3. The Labute approximate surface area is 182 Å². The van der Waals surface area contributed by atoms with Crippen LogP contribution in [0, 0.1) is 47.3 Å². The van der Waals surface area contributed by atoms with Crippen LogP contribution < -0.4 is 0 Å². The Hall–Kier alpha value is 0.217. The van der Waals surface area contributed by atoms with Gasteiger partial charge in [-0.1, -0.05) is 90.1 Å². The first-order valence-corrected chi connectivity index (χ1v) is 17.3. The van der Waals surface area contributed by atoms with Crippen LogP contribution in [0.25, 0.3) is 0 Å². The van der Waals surface area contributed by atoms with Crippen LogP contribution in [0.15, 0.2) is 0 Å². The summed E-state index contributed by atoms with van der Waals surface area (Å²) in [7, 11) is -1.17. The summed E-state index contributed by atoms with van der Waals surface area (Å²) in [5, 5.41) is 0. The van der Waals surface area contributed by atoms with E-state index in [1.165, 1.54) is 22.9 Å². The molecule has 29 heavy (non-hydrogen) atoms. The summed E-state index contributed by atoms with van der Waals surface area (Å²) >= 11 is 0. The summed E-state index contributed by atoms with van der Waals surface area (Å²) in [6, 6.07) is 0. The molecule has 6 aliphatic carbocycles. The Morgan fingerprint density at radius 1 is 0.414 bits per heavy atom. The van der Waals surface area contributed by atoms with Crippen molar-refractivity contribution in [1.82, 2.24) is 0 Å². The van der Waals surface area contributed by atoms with Crippen molar-refractivity contribution in [3.63, 3.8) is 0 Å². The highest BCUT2D eigenvalue weighted by atomic mass is 28.3. The minimum atomic E-state index is -1.17. The van der Waals surface area contributed by atoms with Gasteiger partial charge in [-0.3, -0.25) is 0 Å². The van der Waals surface area contributed by atoms with Gasteiger partial charge in [-0.15, -0.1) is 0 Å². The summed E-state index contributed by atoms with van der Waals surface area (Å²) in [6.07, 6.45) is 25.8. The maximum Gasteiger partial charge on any atom is 0.0541 e. The molecule has 0 heterocycles. The van der Waals surface area contributed by atoms with Crippen LogP contribution in [-0.2, 0) is 0 Å². The molecule has 164 valence electrons. The predicted octanol–water partition coefficient (Wildman–Crippen LogP) is 8.69. The fourth-order valence-corrected chi connectivity index (χ4v) is 16.4. The first-order valence-electron chi connectivity index (χ1n) is 14.1. The maximum absolute atomic E-state index is 2.91. The minimum Gasteiger partial charge on any atom is -0.0689 e. The van der Waals surface area contributed by atoms with Gasteiger partial charge >= 0.3 is 0 Å². The second-order valence-electron chi connectivity index (χ2n) is 13.6. The van der Waals surface area contributed by atoms with E-state index in [9.17, 15) is 0 Å². The molecule has 0 amide bonds. The topological polar surface area (TPSA) is 0 Å². The van der Waals surface area contributed by atoms with E-state index in [2.05, 4.69) is 13.1 Å². The number of hydrogen-bond acceptors (Lipinski definition) is 0. The average molecular weight is 413 g/mol. The molecule has 0 radical (unpaired) electrons. The zero-order chi connectivity index (χ0) is 19.6. The van der Waals surface area contributed by atoms with E-state index in [4.69, 9.17) is 0 Å². The second-order valence-corrected chi connectivity index (χ2v) is 18.7. The van der Waals surface area contributed by atoms with Crippen LogP contribution in [0.2, 0.25) is 24.2 Å². The van der Waals surface area contributed by atoms with Crippen molar-refractivity contribution in [3.05, 3.63) is 0 Å². The molecule has 0 aromatic rings. The third-order valence-corrected chi connectivity index (χ3v) is 17.6. The van der Waals surface area contributed by atoms with E-state index in [-0.39, 0.29) is 0 Å². The molecule has 10 unspecified atom stereocenters. The highest BCUT2D eigenvalue weighted by molar-refractivity contribution is 6.80. The van der Waals surface area contributed by atoms with E-state index in [1.54, 1.807) is 103 Å². The molecule has 0 N–H and O–H groups in total. The molecule has 0 bridgehead atoms. The molecule has 10 atom stereocenters. The van der Waals surface area contributed by atoms with Gasteiger partial charge in [-0.25, -0.2) is 0 Å². The van der Waals surface area contributed by atoms with Gasteiger partial charge < -0.3 is 0 Å². The van der Waals surface area contributed by atoms with E-state index in [1.807, 2.05) is 0 Å². The average Bonchev–Trinajstić information content (AvgIpc) is 3.34. The lowest BCUT2D eigenvalue weighted by atomic mass is 9.64. The van der Waals surface area contributed by atoms with E-state index >= 15 is 0 Å². The lowest BCUT2D eigenvalue weighted by molar-refractivity contribution is 0.0892. The Bertz CT molecular complexity index is 545. The van der Waals surface area contributed by atoms with Gasteiger partial charge in [0.15, 0.2) is 0 Å². The quantitative estimate of drug-likeness (QED) is 0.398. The SMILES string of the molecule is C[Si](C)(C1CCC2CC3CCCCC3CC21)C1CCC2CC3CCCCC3CC21. The third kappa shape index (κ3) is 3.34. The standard InChI is InChI=1S/C28H48Si/c1-29(2,27-13-11-23-15-19-7-3-5-9-21(19)17-25(23)27)28-14-12-24-16-20-8-4-6-10-22(20)18-26(24)28/h19-28H,3-18H2,1-2H3. The smallest absolute Gasteiger partial charge is 0.0541 e. The van der Waals surface area contributed by atoms with Crippen molar-refractivity contribution in [2.24, 2.45) is 47.3 Å². The van der Waals surface area contributed by atoms with Crippen LogP contribution in [0.4, 0.5) is 0 Å². The summed E-state index contributed by atoms with van der Waals surface area (Å²) in [4.78, 5) is 0. The molecule has 6 fully saturated rings. The van der Waals surface area contributed by atoms with E-state index in [0.717, 1.165) is 35.5 Å².